The SMILES string of the molecule is CCCN1C(=O)C(=Cc2c(C)c(C#N)c(=O)n(CC)c2N2CCN(CCO)CC2)SC1=S. The first kappa shape index (κ1) is 24.5. The molecule has 8 nitrogen and oxygen atoms in total. The summed E-state index contributed by atoms with van der Waals surface area (Å²) in [7, 11) is 0. The van der Waals surface area contributed by atoms with Crippen LogP contribution in [0, 0.1) is 18.3 Å². The number of rotatable bonds is 7. The van der Waals surface area contributed by atoms with Gasteiger partial charge in [-0.25, -0.2) is 0 Å². The number of thioether (sulfide) groups is 1. The maximum Gasteiger partial charge on any atom is 0.270 e. The highest BCUT2D eigenvalue weighted by atomic mass is 32.2. The number of β-amino-alcohol motifs (C(OH)–C–C–N with tert-alkyl or cyclic N) is 1. The molecular weight excluding hydrogens is 446 g/mol. The van der Waals surface area contributed by atoms with Crippen LogP contribution in [0.4, 0.5) is 5.82 Å². The predicted molar refractivity (Wildman–Crippen MR) is 132 cm³/mol. The number of hydrogen-bond acceptors (Lipinski definition) is 8. The van der Waals surface area contributed by atoms with Crippen LogP contribution >= 0.6 is 24.0 Å². The first-order valence-electron chi connectivity index (χ1n) is 10.9. The van der Waals surface area contributed by atoms with Crippen LogP contribution in [-0.2, 0) is 11.3 Å². The van der Waals surface area contributed by atoms with Crippen molar-refractivity contribution in [1.82, 2.24) is 14.4 Å². The molecule has 10 heteroatoms. The van der Waals surface area contributed by atoms with Crippen molar-refractivity contribution in [3.63, 3.8) is 0 Å². The summed E-state index contributed by atoms with van der Waals surface area (Å²) in [4.78, 5) is 32.5. The Labute approximate surface area is 198 Å². The molecule has 0 aromatic carbocycles. The number of pyridine rings is 1. The van der Waals surface area contributed by atoms with Gasteiger partial charge in [0.15, 0.2) is 0 Å². The zero-order valence-electron chi connectivity index (χ0n) is 18.8. The van der Waals surface area contributed by atoms with Crippen LogP contribution in [0.3, 0.4) is 0 Å². The molecule has 1 aromatic heterocycles. The second kappa shape index (κ2) is 10.6. The molecule has 0 atom stereocenters. The third-order valence-corrected chi connectivity index (χ3v) is 7.22. The lowest BCUT2D eigenvalue weighted by Crippen LogP contribution is -2.49. The van der Waals surface area contributed by atoms with Gasteiger partial charge in [-0.15, -0.1) is 0 Å². The smallest absolute Gasteiger partial charge is 0.270 e. The van der Waals surface area contributed by atoms with Crippen LogP contribution < -0.4 is 10.5 Å². The molecule has 0 aliphatic carbocycles. The maximum atomic E-state index is 13.1. The summed E-state index contributed by atoms with van der Waals surface area (Å²) in [5, 5.41) is 18.9. The fourth-order valence-electron chi connectivity index (χ4n) is 4.15. The van der Waals surface area contributed by atoms with E-state index < -0.39 is 0 Å². The van der Waals surface area contributed by atoms with Gasteiger partial charge >= 0.3 is 0 Å². The average Bonchev–Trinajstić information content (AvgIpc) is 3.04. The number of amides is 1. The van der Waals surface area contributed by atoms with Gasteiger partial charge in [0.25, 0.3) is 11.5 Å². The molecule has 2 saturated heterocycles. The number of carbonyl (C=O) groups excluding carboxylic acids is 1. The van der Waals surface area contributed by atoms with Crippen molar-refractivity contribution in [3.8, 4) is 6.07 Å². The topological polar surface area (TPSA) is 92.8 Å². The Bertz CT molecular complexity index is 1040. The monoisotopic (exact) mass is 475 g/mol. The highest BCUT2D eigenvalue weighted by molar-refractivity contribution is 8.26. The predicted octanol–water partition coefficient (Wildman–Crippen LogP) is 1.77. The van der Waals surface area contributed by atoms with E-state index in [1.165, 1.54) is 11.8 Å². The normalized spacial score (nSPS) is 18.7. The number of piperazine rings is 1. The van der Waals surface area contributed by atoms with E-state index in [-0.39, 0.29) is 23.6 Å². The molecule has 2 aliphatic heterocycles. The largest absolute Gasteiger partial charge is 0.395 e. The molecule has 0 radical (unpaired) electrons. The second-order valence-corrected chi connectivity index (χ2v) is 9.46. The van der Waals surface area contributed by atoms with Gasteiger partial charge in [-0.1, -0.05) is 30.9 Å². The molecule has 0 bridgehead atoms. The van der Waals surface area contributed by atoms with Gasteiger partial charge < -0.3 is 10.0 Å². The number of aromatic nitrogens is 1. The molecule has 2 aliphatic rings. The van der Waals surface area contributed by atoms with Crippen LogP contribution in [-0.4, -0.2) is 75.6 Å². The number of thiocarbonyl (C=S) groups is 1. The van der Waals surface area contributed by atoms with E-state index in [4.69, 9.17) is 12.2 Å². The van der Waals surface area contributed by atoms with Gasteiger partial charge in [-0.05, 0) is 31.9 Å². The summed E-state index contributed by atoms with van der Waals surface area (Å²) in [6, 6.07) is 2.06. The van der Waals surface area contributed by atoms with Crippen molar-refractivity contribution in [2.24, 2.45) is 0 Å². The lowest BCUT2D eigenvalue weighted by atomic mass is 10.0. The number of aliphatic hydroxyl groups excluding tert-OH is 1. The zero-order valence-corrected chi connectivity index (χ0v) is 20.4. The molecule has 1 N–H and O–H groups in total. The fourth-order valence-corrected chi connectivity index (χ4v) is 5.44. The van der Waals surface area contributed by atoms with E-state index in [1.54, 1.807) is 22.5 Å². The van der Waals surface area contributed by atoms with Gasteiger partial charge in [0, 0.05) is 51.4 Å². The number of nitrogens with zero attached hydrogens (tertiary/aromatic N) is 5. The van der Waals surface area contributed by atoms with Crippen molar-refractivity contribution in [2.45, 2.75) is 33.7 Å². The highest BCUT2D eigenvalue weighted by Gasteiger charge is 2.33. The van der Waals surface area contributed by atoms with Gasteiger partial charge in [-0.3, -0.25) is 24.0 Å². The molecule has 0 unspecified atom stereocenters. The summed E-state index contributed by atoms with van der Waals surface area (Å²) in [5.41, 5.74) is 1.09. The first-order valence-corrected chi connectivity index (χ1v) is 12.1. The third kappa shape index (κ3) is 4.62. The Morgan fingerprint density at radius 2 is 1.88 bits per heavy atom. The lowest BCUT2D eigenvalue weighted by Gasteiger charge is -2.37. The van der Waals surface area contributed by atoms with E-state index in [2.05, 4.69) is 15.9 Å². The fraction of sp³-hybridized carbons (Fsp3) is 0.545. The van der Waals surface area contributed by atoms with Crippen LogP contribution in [0.5, 0.6) is 0 Å². The summed E-state index contributed by atoms with van der Waals surface area (Å²) >= 11 is 6.67. The van der Waals surface area contributed by atoms with Gasteiger partial charge in [0.2, 0.25) is 0 Å². The Hall–Kier alpha value is -2.19. The Balaban J connectivity index is 2.13. The Morgan fingerprint density at radius 3 is 2.44 bits per heavy atom. The van der Waals surface area contributed by atoms with Gasteiger partial charge in [0.1, 0.15) is 21.8 Å². The highest BCUT2D eigenvalue weighted by Crippen LogP contribution is 2.36. The maximum absolute atomic E-state index is 13.1. The molecule has 0 saturated carbocycles. The van der Waals surface area contributed by atoms with Crippen LogP contribution in [0.15, 0.2) is 9.70 Å². The van der Waals surface area contributed by atoms with E-state index in [1.807, 2.05) is 13.8 Å². The van der Waals surface area contributed by atoms with Crippen LogP contribution in [0.1, 0.15) is 37.0 Å². The number of aliphatic hydroxyl groups is 1. The van der Waals surface area contributed by atoms with Crippen molar-refractivity contribution in [2.75, 3.05) is 50.8 Å². The molecule has 1 aromatic rings. The average molecular weight is 476 g/mol. The lowest BCUT2D eigenvalue weighted by molar-refractivity contribution is -0.122. The summed E-state index contributed by atoms with van der Waals surface area (Å²) < 4.78 is 2.16. The van der Waals surface area contributed by atoms with Crippen LogP contribution in [0.2, 0.25) is 0 Å². The van der Waals surface area contributed by atoms with Gasteiger partial charge in [-0.2, -0.15) is 5.26 Å². The summed E-state index contributed by atoms with van der Waals surface area (Å²) in [5.74, 6) is 0.603. The molecule has 0 spiro atoms. The Morgan fingerprint density at radius 1 is 1.19 bits per heavy atom. The zero-order chi connectivity index (χ0) is 23.4. The quantitative estimate of drug-likeness (QED) is 0.471. The van der Waals surface area contributed by atoms with E-state index in [9.17, 15) is 20.0 Å². The molecule has 2 fully saturated rings. The van der Waals surface area contributed by atoms with Crippen LogP contribution in [0.25, 0.3) is 6.08 Å². The van der Waals surface area contributed by atoms with Gasteiger partial charge in [0.05, 0.1) is 11.5 Å². The molecule has 32 heavy (non-hydrogen) atoms. The minimum Gasteiger partial charge on any atom is -0.395 e. The summed E-state index contributed by atoms with van der Waals surface area (Å²) in [6.07, 6.45) is 2.60. The Kier molecular flexibility index (Phi) is 8.11. The number of nitriles is 1. The molecule has 3 rings (SSSR count). The molecular formula is C22H29N5O3S2. The minimum atomic E-state index is -0.309. The van der Waals surface area contributed by atoms with Crippen molar-refractivity contribution < 1.29 is 9.90 Å². The second-order valence-electron chi connectivity index (χ2n) is 7.78. The standard InChI is InChI=1S/C22H29N5O3S2/c1-4-6-27-21(30)18(32-22(27)31)13-16-15(3)17(14-23)20(29)26(5-2)19(16)25-9-7-24(8-10-25)11-12-28/h13,28H,4-12H2,1-3H3. The third-order valence-electron chi connectivity index (χ3n) is 5.85. The van der Waals surface area contributed by atoms with E-state index in [0.717, 1.165) is 30.9 Å². The summed E-state index contributed by atoms with van der Waals surface area (Å²) in [6.45, 7) is 10.2. The minimum absolute atomic E-state index is 0.102. The van der Waals surface area contributed by atoms with E-state index >= 15 is 0 Å². The van der Waals surface area contributed by atoms with Crippen molar-refractivity contribution in [3.05, 3.63) is 31.9 Å². The number of hydrogen-bond donors (Lipinski definition) is 1. The number of anilines is 1. The van der Waals surface area contributed by atoms with E-state index in [0.29, 0.717) is 47.5 Å². The van der Waals surface area contributed by atoms with Crippen molar-refractivity contribution >= 4 is 46.1 Å². The van der Waals surface area contributed by atoms with Crippen molar-refractivity contribution in [1.29, 1.82) is 5.26 Å². The molecule has 172 valence electrons. The molecule has 3 heterocycles. The first-order chi connectivity index (χ1) is 15.4. The number of carbonyl (C=O) groups is 1. The molecule has 1 amide bonds.